The van der Waals surface area contributed by atoms with Gasteiger partial charge in [-0.1, -0.05) is 42.5 Å². The first-order valence-electron chi connectivity index (χ1n) is 15.3. The van der Waals surface area contributed by atoms with Crippen LogP contribution in [0.5, 0.6) is 5.75 Å². The maximum atomic E-state index is 13.6. The predicted molar refractivity (Wildman–Crippen MR) is 166 cm³/mol. The van der Waals surface area contributed by atoms with E-state index in [0.29, 0.717) is 26.1 Å². The molecule has 11 heteroatoms. The molecule has 4 N–H and O–H groups in total. The normalized spacial score (nSPS) is 15.0. The quantitative estimate of drug-likeness (QED) is 0.199. The van der Waals surface area contributed by atoms with Crippen molar-refractivity contribution in [1.29, 1.82) is 0 Å². The third-order valence-electron chi connectivity index (χ3n) is 7.70. The molecule has 3 rings (SSSR count). The Bertz CT molecular complexity index is 1200. The second-order valence-corrected chi connectivity index (χ2v) is 11.0. The number of rotatable bonds is 17. The van der Waals surface area contributed by atoms with Crippen molar-refractivity contribution in [2.75, 3.05) is 33.9 Å². The van der Waals surface area contributed by atoms with Gasteiger partial charge in [-0.3, -0.25) is 19.2 Å². The maximum Gasteiger partial charge on any atom is 0.306 e. The summed E-state index contributed by atoms with van der Waals surface area (Å²) in [6.07, 6.45) is 2.27. The smallest absolute Gasteiger partial charge is 0.306 e. The minimum Gasteiger partial charge on any atom is -0.497 e. The molecule has 3 atom stereocenters. The van der Waals surface area contributed by atoms with Crippen LogP contribution in [0.15, 0.2) is 54.6 Å². The third-order valence-corrected chi connectivity index (χ3v) is 7.70. The predicted octanol–water partition coefficient (Wildman–Crippen LogP) is 2.10. The Morgan fingerprint density at radius 2 is 1.61 bits per heavy atom. The topological polar surface area (TPSA) is 146 Å². The molecule has 0 aromatic heterocycles. The van der Waals surface area contributed by atoms with Crippen LogP contribution in [0.25, 0.3) is 0 Å². The molecule has 1 aliphatic rings. The SMILES string of the molecule is COC(=O)CCC(=O)NC(CCC(=O)N1CCCCC1)C(=O)NC(Cc1ccccc1)C(O)CNCc1cccc(OC)c1. The second kappa shape index (κ2) is 18.6. The maximum absolute atomic E-state index is 13.6. The van der Waals surface area contributed by atoms with Crippen LogP contribution in [-0.4, -0.2) is 85.7 Å². The Balaban J connectivity index is 1.69. The Kier molecular flexibility index (Phi) is 14.6. The summed E-state index contributed by atoms with van der Waals surface area (Å²) in [6.45, 7) is 2.06. The summed E-state index contributed by atoms with van der Waals surface area (Å²) in [5, 5.41) is 20.1. The van der Waals surface area contributed by atoms with E-state index in [4.69, 9.17) is 4.74 Å². The van der Waals surface area contributed by atoms with Gasteiger partial charge in [-0.25, -0.2) is 0 Å². The number of nitrogens with zero attached hydrogens (tertiary/aromatic N) is 1. The summed E-state index contributed by atoms with van der Waals surface area (Å²) in [4.78, 5) is 52.6. The molecule has 3 amide bonds. The van der Waals surface area contributed by atoms with E-state index in [2.05, 4.69) is 20.7 Å². The molecule has 0 saturated carbocycles. The zero-order chi connectivity index (χ0) is 31.7. The molecule has 0 aliphatic carbocycles. The van der Waals surface area contributed by atoms with Crippen LogP contribution in [0.3, 0.4) is 0 Å². The van der Waals surface area contributed by atoms with Crippen molar-refractivity contribution in [1.82, 2.24) is 20.9 Å². The molecule has 11 nitrogen and oxygen atoms in total. The monoisotopic (exact) mass is 610 g/mol. The average Bonchev–Trinajstić information content (AvgIpc) is 3.05. The highest BCUT2D eigenvalue weighted by molar-refractivity contribution is 5.89. The average molecular weight is 611 g/mol. The van der Waals surface area contributed by atoms with Gasteiger partial charge in [-0.05, 0) is 55.4 Å². The fraction of sp³-hybridized carbons (Fsp3) is 0.515. The molecule has 2 aromatic rings. The highest BCUT2D eigenvalue weighted by Gasteiger charge is 2.28. The number of carbonyl (C=O) groups excluding carboxylic acids is 4. The van der Waals surface area contributed by atoms with Gasteiger partial charge in [0.05, 0.1) is 32.8 Å². The molecule has 0 spiro atoms. The van der Waals surface area contributed by atoms with Crippen molar-refractivity contribution in [2.24, 2.45) is 0 Å². The third kappa shape index (κ3) is 12.0. The molecular formula is C33H46N4O7. The van der Waals surface area contributed by atoms with Gasteiger partial charge in [-0.15, -0.1) is 0 Å². The zero-order valence-corrected chi connectivity index (χ0v) is 25.8. The molecule has 1 aliphatic heterocycles. The Morgan fingerprint density at radius 3 is 2.32 bits per heavy atom. The van der Waals surface area contributed by atoms with Gasteiger partial charge in [0.25, 0.3) is 0 Å². The lowest BCUT2D eigenvalue weighted by molar-refractivity contribution is -0.142. The molecule has 44 heavy (non-hydrogen) atoms. The summed E-state index contributed by atoms with van der Waals surface area (Å²) < 4.78 is 9.90. The van der Waals surface area contributed by atoms with Crippen molar-refractivity contribution in [3.8, 4) is 5.75 Å². The first-order chi connectivity index (χ1) is 21.3. The molecule has 1 saturated heterocycles. The van der Waals surface area contributed by atoms with Crippen LogP contribution in [0.2, 0.25) is 0 Å². The van der Waals surface area contributed by atoms with Crippen LogP contribution in [0, 0.1) is 0 Å². The van der Waals surface area contributed by atoms with Crippen molar-refractivity contribution >= 4 is 23.7 Å². The van der Waals surface area contributed by atoms with Gasteiger partial charge in [0.2, 0.25) is 17.7 Å². The van der Waals surface area contributed by atoms with Crippen molar-refractivity contribution in [3.63, 3.8) is 0 Å². The number of methoxy groups -OCH3 is 2. The summed E-state index contributed by atoms with van der Waals surface area (Å²) in [5.41, 5.74) is 1.90. The highest BCUT2D eigenvalue weighted by atomic mass is 16.5. The number of aliphatic hydroxyl groups excluding tert-OH is 1. The number of hydrogen-bond acceptors (Lipinski definition) is 8. The van der Waals surface area contributed by atoms with Gasteiger partial charge in [0.1, 0.15) is 11.8 Å². The Morgan fingerprint density at radius 1 is 0.886 bits per heavy atom. The molecule has 1 heterocycles. The molecule has 1 fully saturated rings. The summed E-state index contributed by atoms with van der Waals surface area (Å²) in [5.74, 6) is -0.864. The zero-order valence-electron chi connectivity index (χ0n) is 25.8. The van der Waals surface area contributed by atoms with Crippen molar-refractivity contribution < 1.29 is 33.8 Å². The standard InChI is InChI=1S/C33H46N4O7/c1-43-26-13-9-12-25(20-26)22-34-23-29(38)28(21-24-10-5-3-6-11-24)36-33(42)27(35-30(39)15-17-32(41)44-2)14-16-31(40)37-18-7-4-8-19-37/h3,5-6,9-13,20,27-29,34,38H,4,7-8,14-19,21-23H2,1-2H3,(H,35,39)(H,36,42). The van der Waals surface area contributed by atoms with E-state index >= 15 is 0 Å². The molecule has 2 aromatic carbocycles. The first kappa shape index (κ1) is 34.5. The van der Waals surface area contributed by atoms with Crippen molar-refractivity contribution in [2.45, 2.75) is 76.1 Å². The lowest BCUT2D eigenvalue weighted by Crippen LogP contribution is -2.55. The lowest BCUT2D eigenvalue weighted by atomic mass is 9.99. The van der Waals surface area contributed by atoms with Gasteiger partial charge >= 0.3 is 5.97 Å². The summed E-state index contributed by atoms with van der Waals surface area (Å²) in [6, 6.07) is 15.4. The van der Waals surface area contributed by atoms with E-state index in [9.17, 15) is 24.3 Å². The van der Waals surface area contributed by atoms with E-state index in [1.54, 1.807) is 12.0 Å². The molecule has 240 valence electrons. The van der Waals surface area contributed by atoms with E-state index in [0.717, 1.165) is 36.1 Å². The van der Waals surface area contributed by atoms with E-state index in [1.165, 1.54) is 7.11 Å². The fourth-order valence-electron chi connectivity index (χ4n) is 5.15. The Hall–Kier alpha value is -3.96. The number of aliphatic hydroxyl groups is 1. The van der Waals surface area contributed by atoms with Crippen LogP contribution in [0.1, 0.15) is 56.1 Å². The van der Waals surface area contributed by atoms with Gasteiger partial charge in [-0.2, -0.15) is 0 Å². The minimum atomic E-state index is -1.02. The number of hydrogen-bond donors (Lipinski definition) is 4. The number of piperidine rings is 1. The first-order valence-corrected chi connectivity index (χ1v) is 15.3. The van der Waals surface area contributed by atoms with Gasteiger partial charge in [0, 0.05) is 39.0 Å². The van der Waals surface area contributed by atoms with E-state index < -0.39 is 36.0 Å². The van der Waals surface area contributed by atoms with Crippen LogP contribution in [-0.2, 0) is 36.9 Å². The number of ether oxygens (including phenoxy) is 2. The Labute approximate surface area is 259 Å². The molecule has 3 unspecified atom stereocenters. The highest BCUT2D eigenvalue weighted by Crippen LogP contribution is 2.14. The molecular weight excluding hydrogens is 564 g/mol. The number of amides is 3. The molecule has 0 radical (unpaired) electrons. The largest absolute Gasteiger partial charge is 0.497 e. The number of carbonyl (C=O) groups is 4. The number of esters is 1. The van der Waals surface area contributed by atoms with E-state index in [1.807, 2.05) is 54.6 Å². The second-order valence-electron chi connectivity index (χ2n) is 11.0. The van der Waals surface area contributed by atoms with Gasteiger partial charge in [0.15, 0.2) is 0 Å². The lowest BCUT2D eigenvalue weighted by Gasteiger charge is -2.29. The van der Waals surface area contributed by atoms with Crippen LogP contribution < -0.4 is 20.7 Å². The van der Waals surface area contributed by atoms with Crippen molar-refractivity contribution in [3.05, 3.63) is 65.7 Å². The fourth-order valence-corrected chi connectivity index (χ4v) is 5.15. The summed E-state index contributed by atoms with van der Waals surface area (Å²) in [7, 11) is 2.85. The molecule has 0 bridgehead atoms. The van der Waals surface area contributed by atoms with Crippen LogP contribution >= 0.6 is 0 Å². The number of benzene rings is 2. The van der Waals surface area contributed by atoms with Gasteiger partial charge < -0.3 is 35.4 Å². The summed E-state index contributed by atoms with van der Waals surface area (Å²) >= 11 is 0. The van der Waals surface area contributed by atoms with E-state index in [-0.39, 0.29) is 38.1 Å². The van der Waals surface area contributed by atoms with Crippen LogP contribution in [0.4, 0.5) is 0 Å². The number of nitrogens with one attached hydrogen (secondary N) is 3. The number of likely N-dealkylation sites (tertiary alicyclic amines) is 1. The minimum absolute atomic E-state index is 0.0612.